The maximum atomic E-state index is 14.3. The molecule has 0 N–H and O–H groups in total. The Morgan fingerprint density at radius 3 is 2.57 bits per heavy atom. The van der Waals surface area contributed by atoms with E-state index in [9.17, 15) is 8.78 Å². The minimum Gasteiger partial charge on any atom is -0.277 e. The van der Waals surface area contributed by atoms with Crippen LogP contribution in [-0.2, 0) is 5.88 Å². The number of rotatable bonds is 2. The fourth-order valence-electron chi connectivity index (χ4n) is 2.25. The zero-order valence-corrected chi connectivity index (χ0v) is 12.2. The number of aryl methyl sites for hydroxylation is 2. The van der Waals surface area contributed by atoms with Crippen molar-refractivity contribution in [1.29, 1.82) is 0 Å². The number of benzene rings is 1. The van der Waals surface area contributed by atoms with Gasteiger partial charge in [0.15, 0.2) is 5.65 Å². The summed E-state index contributed by atoms with van der Waals surface area (Å²) in [6.45, 7) is 3.34. The van der Waals surface area contributed by atoms with E-state index in [1.54, 1.807) is 6.07 Å². The van der Waals surface area contributed by atoms with E-state index >= 15 is 0 Å². The number of alkyl halides is 1. The minimum absolute atomic E-state index is 0.0642. The number of halogens is 3. The molecule has 1 aromatic carbocycles. The Kier molecular flexibility index (Phi) is 3.37. The molecule has 0 amide bonds. The summed E-state index contributed by atoms with van der Waals surface area (Å²) in [6.07, 6.45) is 0. The van der Waals surface area contributed by atoms with Crippen LogP contribution in [0.3, 0.4) is 0 Å². The van der Waals surface area contributed by atoms with Gasteiger partial charge in [-0.1, -0.05) is 0 Å². The molecule has 0 aliphatic rings. The molecular weight excluding hydrogens is 296 g/mol. The van der Waals surface area contributed by atoms with Crippen molar-refractivity contribution in [2.75, 3.05) is 0 Å². The number of imidazole rings is 1. The standard InChI is InChI=1S/C15H12ClF2N3/c1-8-5-11(18)13(6-10(8)17)21-14(7-16)20-12-4-3-9(2)19-15(12)21/h3-6H,7H2,1-2H3. The summed E-state index contributed by atoms with van der Waals surface area (Å²) >= 11 is 5.89. The molecule has 6 heteroatoms. The summed E-state index contributed by atoms with van der Waals surface area (Å²) in [5.41, 5.74) is 2.13. The molecule has 3 nitrogen and oxygen atoms in total. The normalized spacial score (nSPS) is 11.3. The number of hydrogen-bond donors (Lipinski definition) is 0. The zero-order valence-electron chi connectivity index (χ0n) is 11.5. The van der Waals surface area contributed by atoms with Crippen LogP contribution in [0.25, 0.3) is 16.9 Å². The summed E-state index contributed by atoms with van der Waals surface area (Å²) in [5, 5.41) is 0. The Labute approximate surface area is 125 Å². The molecule has 108 valence electrons. The molecule has 0 bridgehead atoms. The van der Waals surface area contributed by atoms with Gasteiger partial charge in [0.05, 0.1) is 11.6 Å². The van der Waals surface area contributed by atoms with Crippen molar-refractivity contribution in [3.63, 3.8) is 0 Å². The van der Waals surface area contributed by atoms with Crippen LogP contribution >= 0.6 is 11.6 Å². The molecular formula is C15H12ClF2N3. The first-order chi connectivity index (χ1) is 10.0. The SMILES string of the molecule is Cc1ccc2nc(CCl)n(-c3cc(F)c(C)cc3F)c2n1. The Hall–Kier alpha value is -2.01. The number of pyridine rings is 1. The number of nitrogens with zero attached hydrogens (tertiary/aromatic N) is 3. The van der Waals surface area contributed by atoms with Gasteiger partial charge >= 0.3 is 0 Å². The largest absolute Gasteiger partial charge is 0.277 e. The lowest BCUT2D eigenvalue weighted by Gasteiger charge is -2.10. The van der Waals surface area contributed by atoms with Gasteiger partial charge in [-0.25, -0.2) is 18.7 Å². The third-order valence-electron chi connectivity index (χ3n) is 3.30. The van der Waals surface area contributed by atoms with Gasteiger partial charge in [-0.3, -0.25) is 4.57 Å². The average molecular weight is 308 g/mol. The molecule has 0 unspecified atom stereocenters. The second-order valence-electron chi connectivity index (χ2n) is 4.85. The molecule has 0 saturated carbocycles. The van der Waals surface area contributed by atoms with Gasteiger partial charge in [0.2, 0.25) is 0 Å². The van der Waals surface area contributed by atoms with Crippen LogP contribution in [0.1, 0.15) is 17.1 Å². The number of fused-ring (bicyclic) bond motifs is 1. The fourth-order valence-corrected chi connectivity index (χ4v) is 2.43. The first kappa shape index (κ1) is 13.9. The van der Waals surface area contributed by atoms with Crippen molar-refractivity contribution in [1.82, 2.24) is 14.5 Å². The fraction of sp³-hybridized carbons (Fsp3) is 0.200. The highest BCUT2D eigenvalue weighted by molar-refractivity contribution is 6.16. The molecule has 2 aromatic heterocycles. The lowest BCUT2D eigenvalue weighted by molar-refractivity contribution is 0.585. The van der Waals surface area contributed by atoms with Crippen LogP contribution in [0.2, 0.25) is 0 Å². The van der Waals surface area contributed by atoms with Gasteiger partial charge in [-0.15, -0.1) is 11.6 Å². The van der Waals surface area contributed by atoms with E-state index in [0.717, 1.165) is 17.8 Å². The van der Waals surface area contributed by atoms with Crippen molar-refractivity contribution in [3.05, 3.63) is 53.0 Å². The Morgan fingerprint density at radius 1 is 1.10 bits per heavy atom. The quantitative estimate of drug-likeness (QED) is 0.669. The Bertz CT molecular complexity index is 843. The third kappa shape index (κ3) is 2.27. The highest BCUT2D eigenvalue weighted by Crippen LogP contribution is 2.25. The summed E-state index contributed by atoms with van der Waals surface area (Å²) in [7, 11) is 0. The first-order valence-electron chi connectivity index (χ1n) is 6.38. The van der Waals surface area contributed by atoms with Gasteiger partial charge in [-0.2, -0.15) is 0 Å². The topological polar surface area (TPSA) is 30.7 Å². The summed E-state index contributed by atoms with van der Waals surface area (Å²) in [5.74, 6) is -0.527. The number of aromatic nitrogens is 3. The van der Waals surface area contributed by atoms with E-state index in [4.69, 9.17) is 11.6 Å². The smallest absolute Gasteiger partial charge is 0.165 e. The van der Waals surface area contributed by atoms with Crippen LogP contribution in [-0.4, -0.2) is 14.5 Å². The van der Waals surface area contributed by atoms with Crippen LogP contribution < -0.4 is 0 Å². The maximum absolute atomic E-state index is 14.3. The Morgan fingerprint density at radius 2 is 1.86 bits per heavy atom. The minimum atomic E-state index is -0.539. The van der Waals surface area contributed by atoms with E-state index < -0.39 is 11.6 Å². The average Bonchev–Trinajstić information content (AvgIpc) is 2.80. The molecule has 0 atom stereocenters. The highest BCUT2D eigenvalue weighted by Gasteiger charge is 2.17. The molecule has 0 aliphatic carbocycles. The summed E-state index contributed by atoms with van der Waals surface area (Å²) in [4.78, 5) is 8.69. The predicted octanol–water partition coefficient (Wildman–Crippen LogP) is 4.05. The Balaban J connectivity index is 2.38. The van der Waals surface area contributed by atoms with Crippen LogP contribution in [0.5, 0.6) is 0 Å². The molecule has 0 radical (unpaired) electrons. The molecule has 0 spiro atoms. The van der Waals surface area contributed by atoms with E-state index in [2.05, 4.69) is 9.97 Å². The first-order valence-corrected chi connectivity index (χ1v) is 6.91. The van der Waals surface area contributed by atoms with E-state index in [1.807, 2.05) is 13.0 Å². The molecule has 0 fully saturated rings. The second-order valence-corrected chi connectivity index (χ2v) is 5.11. The number of hydrogen-bond acceptors (Lipinski definition) is 2. The van der Waals surface area contributed by atoms with Gasteiger partial charge < -0.3 is 0 Å². The molecule has 0 aliphatic heterocycles. The van der Waals surface area contributed by atoms with Crippen molar-refractivity contribution in [3.8, 4) is 5.69 Å². The van der Waals surface area contributed by atoms with Crippen molar-refractivity contribution < 1.29 is 8.78 Å². The third-order valence-corrected chi connectivity index (χ3v) is 3.54. The van der Waals surface area contributed by atoms with Crippen LogP contribution in [0.4, 0.5) is 8.78 Å². The van der Waals surface area contributed by atoms with Crippen LogP contribution in [0, 0.1) is 25.5 Å². The van der Waals surface area contributed by atoms with Gasteiger partial charge in [0.25, 0.3) is 0 Å². The van der Waals surface area contributed by atoms with Crippen molar-refractivity contribution >= 4 is 22.8 Å². The predicted molar refractivity (Wildman–Crippen MR) is 77.8 cm³/mol. The van der Waals surface area contributed by atoms with E-state index in [1.165, 1.54) is 11.5 Å². The van der Waals surface area contributed by atoms with Crippen LogP contribution in [0.15, 0.2) is 24.3 Å². The molecule has 21 heavy (non-hydrogen) atoms. The highest BCUT2D eigenvalue weighted by atomic mass is 35.5. The molecule has 2 heterocycles. The summed E-state index contributed by atoms with van der Waals surface area (Å²) < 4.78 is 29.5. The lowest BCUT2D eigenvalue weighted by Crippen LogP contribution is -2.05. The zero-order chi connectivity index (χ0) is 15.1. The van der Waals surface area contributed by atoms with E-state index in [0.29, 0.717) is 17.0 Å². The van der Waals surface area contributed by atoms with Crippen molar-refractivity contribution in [2.24, 2.45) is 0 Å². The maximum Gasteiger partial charge on any atom is 0.165 e. The van der Waals surface area contributed by atoms with Gasteiger partial charge in [0.1, 0.15) is 23.0 Å². The molecule has 3 aromatic rings. The monoisotopic (exact) mass is 307 g/mol. The lowest BCUT2D eigenvalue weighted by atomic mass is 10.2. The second kappa shape index (κ2) is 5.07. The van der Waals surface area contributed by atoms with Gasteiger partial charge in [-0.05, 0) is 37.6 Å². The molecule has 3 rings (SSSR count). The summed E-state index contributed by atoms with van der Waals surface area (Å²) in [6, 6.07) is 5.90. The van der Waals surface area contributed by atoms with Gasteiger partial charge in [0, 0.05) is 11.8 Å². The molecule has 0 saturated heterocycles. The van der Waals surface area contributed by atoms with Crippen molar-refractivity contribution in [2.45, 2.75) is 19.7 Å². The van der Waals surface area contributed by atoms with E-state index in [-0.39, 0.29) is 17.1 Å².